The number of hydrogen-bond donors (Lipinski definition) is 0. The van der Waals surface area contributed by atoms with Gasteiger partial charge in [0.05, 0.1) is 11.8 Å². The van der Waals surface area contributed by atoms with Crippen LogP contribution in [0.25, 0.3) is 0 Å². The minimum absolute atomic E-state index is 0.123. The van der Waals surface area contributed by atoms with Gasteiger partial charge in [0, 0.05) is 11.6 Å². The maximum Gasteiger partial charge on any atom is 0.235 e. The second kappa shape index (κ2) is 5.29. The number of sulfonamides is 1. The summed E-state index contributed by atoms with van der Waals surface area (Å²) in [6.45, 7) is 6.38. The van der Waals surface area contributed by atoms with Crippen LogP contribution in [0.15, 0.2) is 11.3 Å². The van der Waals surface area contributed by atoms with Crippen LogP contribution in [0, 0.1) is 11.3 Å². The van der Waals surface area contributed by atoms with E-state index in [1.165, 1.54) is 44.1 Å². The number of nitrogens with zero attached hydrogens (tertiary/aromatic N) is 1. The maximum absolute atomic E-state index is 12.9. The van der Waals surface area contributed by atoms with Crippen LogP contribution in [-0.4, -0.2) is 24.5 Å². The first-order chi connectivity index (χ1) is 9.82. The third-order valence-electron chi connectivity index (χ3n) is 5.58. The lowest BCUT2D eigenvalue weighted by atomic mass is 9.86. The molecule has 4 heteroatoms. The Labute approximate surface area is 129 Å². The monoisotopic (exact) mass is 311 g/mol. The van der Waals surface area contributed by atoms with Gasteiger partial charge in [-0.05, 0) is 37.2 Å². The molecule has 0 aromatic carbocycles. The quantitative estimate of drug-likeness (QED) is 0.676. The van der Waals surface area contributed by atoms with Gasteiger partial charge in [0.2, 0.25) is 10.0 Å². The summed E-state index contributed by atoms with van der Waals surface area (Å²) in [6.07, 6.45) is 9.46. The summed E-state index contributed by atoms with van der Waals surface area (Å²) in [7, 11) is -3.14. The molecular formula is C17H29NO2S. The molecule has 120 valence electrons. The van der Waals surface area contributed by atoms with Gasteiger partial charge in [-0.15, -0.1) is 0 Å². The molecule has 2 atom stereocenters. The molecule has 0 bridgehead atoms. The van der Waals surface area contributed by atoms with E-state index in [4.69, 9.17) is 0 Å². The molecule has 3 rings (SSSR count). The highest BCUT2D eigenvalue weighted by molar-refractivity contribution is 7.89. The second-order valence-corrected chi connectivity index (χ2v) is 9.89. The lowest BCUT2D eigenvalue weighted by Gasteiger charge is -2.40. The predicted molar refractivity (Wildman–Crippen MR) is 86.3 cm³/mol. The molecule has 0 N–H and O–H groups in total. The molecule has 2 aliphatic heterocycles. The van der Waals surface area contributed by atoms with E-state index in [9.17, 15) is 8.42 Å². The largest absolute Gasteiger partial charge is 0.270 e. The first-order valence-corrected chi connectivity index (χ1v) is 10.1. The topological polar surface area (TPSA) is 37.4 Å². The molecule has 2 unspecified atom stereocenters. The van der Waals surface area contributed by atoms with Gasteiger partial charge >= 0.3 is 0 Å². The molecule has 2 heterocycles. The van der Waals surface area contributed by atoms with Crippen molar-refractivity contribution in [1.29, 1.82) is 0 Å². The zero-order valence-electron chi connectivity index (χ0n) is 13.7. The molecule has 3 aliphatic rings. The summed E-state index contributed by atoms with van der Waals surface area (Å²) in [5, 5.41) is 0. The van der Waals surface area contributed by atoms with E-state index in [1.54, 1.807) is 0 Å². The fourth-order valence-electron chi connectivity index (χ4n) is 4.67. The third kappa shape index (κ3) is 2.76. The fraction of sp³-hybridized carbons (Fsp3) is 0.882. The Bertz CT molecular complexity index is 547. The first-order valence-electron chi connectivity index (χ1n) is 8.54. The van der Waals surface area contributed by atoms with Gasteiger partial charge in [0.25, 0.3) is 0 Å². The molecule has 0 aromatic heterocycles. The number of hydrogen-bond acceptors (Lipinski definition) is 2. The van der Waals surface area contributed by atoms with Crippen LogP contribution in [0.3, 0.4) is 0 Å². The zero-order chi connectivity index (χ0) is 15.3. The number of fused-ring (bicyclic) bond motifs is 3. The average molecular weight is 311 g/mol. The molecule has 1 saturated heterocycles. The third-order valence-corrected chi connectivity index (χ3v) is 7.81. The summed E-state index contributed by atoms with van der Waals surface area (Å²) in [4.78, 5) is 0. The molecule has 0 amide bonds. The Balaban J connectivity index is 2.00. The van der Waals surface area contributed by atoms with Crippen LogP contribution in [0.1, 0.15) is 72.1 Å². The minimum atomic E-state index is -3.14. The second-order valence-electron chi connectivity index (χ2n) is 8.04. The van der Waals surface area contributed by atoms with E-state index in [2.05, 4.69) is 20.8 Å². The summed E-state index contributed by atoms with van der Waals surface area (Å²) in [5.74, 6) is 0.779. The van der Waals surface area contributed by atoms with Crippen molar-refractivity contribution in [2.75, 3.05) is 5.75 Å². The van der Waals surface area contributed by atoms with Gasteiger partial charge in [-0.2, -0.15) is 0 Å². The van der Waals surface area contributed by atoms with Crippen molar-refractivity contribution in [1.82, 2.24) is 4.31 Å². The average Bonchev–Trinajstić information content (AvgIpc) is 2.66. The highest BCUT2D eigenvalue weighted by Gasteiger charge is 2.49. The van der Waals surface area contributed by atoms with Gasteiger partial charge in [0.15, 0.2) is 0 Å². The standard InChI is InChI=1S/C17H29NO2S/c1-13-14-9-7-5-4-6-8-10-15(14)18-16(13)11-17(2,3)12-21(18,19)20/h14-15H,4-12H2,1-3H3. The van der Waals surface area contributed by atoms with Crippen molar-refractivity contribution < 1.29 is 8.42 Å². The van der Waals surface area contributed by atoms with Crippen LogP contribution >= 0.6 is 0 Å². The van der Waals surface area contributed by atoms with Crippen molar-refractivity contribution in [3.63, 3.8) is 0 Å². The summed E-state index contributed by atoms with van der Waals surface area (Å²) < 4.78 is 27.6. The van der Waals surface area contributed by atoms with E-state index >= 15 is 0 Å². The first kappa shape index (κ1) is 15.4. The maximum atomic E-state index is 12.9. The molecular weight excluding hydrogens is 282 g/mol. The smallest absolute Gasteiger partial charge is 0.235 e. The lowest BCUT2D eigenvalue weighted by molar-refractivity contribution is 0.264. The summed E-state index contributed by atoms with van der Waals surface area (Å²) in [6, 6.07) is 0.221. The summed E-state index contributed by atoms with van der Waals surface area (Å²) in [5.41, 5.74) is 2.39. The fourth-order valence-corrected chi connectivity index (χ4v) is 7.11. The Morgan fingerprint density at radius 1 is 1.05 bits per heavy atom. The van der Waals surface area contributed by atoms with Crippen LogP contribution < -0.4 is 0 Å². The molecule has 0 aromatic rings. The number of allylic oxidation sites excluding steroid dienone is 1. The lowest BCUT2D eigenvalue weighted by Crippen LogP contribution is -2.47. The molecule has 2 fully saturated rings. The van der Waals surface area contributed by atoms with Crippen molar-refractivity contribution in [2.24, 2.45) is 11.3 Å². The van der Waals surface area contributed by atoms with Gasteiger partial charge in [0.1, 0.15) is 0 Å². The van der Waals surface area contributed by atoms with Crippen molar-refractivity contribution in [3.05, 3.63) is 11.3 Å². The Morgan fingerprint density at radius 2 is 1.67 bits per heavy atom. The molecule has 0 spiro atoms. The van der Waals surface area contributed by atoms with Crippen LogP contribution in [-0.2, 0) is 10.0 Å². The van der Waals surface area contributed by atoms with Crippen molar-refractivity contribution in [3.8, 4) is 0 Å². The normalized spacial score (nSPS) is 35.5. The Morgan fingerprint density at radius 3 is 2.38 bits per heavy atom. The highest BCUT2D eigenvalue weighted by Crippen LogP contribution is 2.49. The number of rotatable bonds is 0. The molecule has 21 heavy (non-hydrogen) atoms. The van der Waals surface area contributed by atoms with Crippen molar-refractivity contribution in [2.45, 2.75) is 78.2 Å². The van der Waals surface area contributed by atoms with Crippen LogP contribution in [0.2, 0.25) is 0 Å². The van der Waals surface area contributed by atoms with Gasteiger partial charge < -0.3 is 0 Å². The van der Waals surface area contributed by atoms with E-state index in [1.807, 2.05) is 4.31 Å². The molecule has 0 radical (unpaired) electrons. The summed E-state index contributed by atoms with van der Waals surface area (Å²) >= 11 is 0. The van der Waals surface area contributed by atoms with Crippen LogP contribution in [0.5, 0.6) is 0 Å². The molecule has 3 nitrogen and oxygen atoms in total. The minimum Gasteiger partial charge on any atom is -0.270 e. The molecule has 1 saturated carbocycles. The van der Waals surface area contributed by atoms with Gasteiger partial charge in [-0.3, -0.25) is 4.31 Å². The predicted octanol–water partition coefficient (Wildman–Crippen LogP) is 4.06. The van der Waals surface area contributed by atoms with E-state index in [0.29, 0.717) is 11.7 Å². The van der Waals surface area contributed by atoms with Crippen LogP contribution in [0.4, 0.5) is 0 Å². The SMILES string of the molecule is CC1=C2CC(C)(C)CS(=O)(=O)N2C2CCCCCCCC12. The highest BCUT2D eigenvalue weighted by atomic mass is 32.2. The van der Waals surface area contributed by atoms with E-state index < -0.39 is 10.0 Å². The van der Waals surface area contributed by atoms with E-state index in [-0.39, 0.29) is 11.5 Å². The zero-order valence-corrected chi connectivity index (χ0v) is 14.5. The van der Waals surface area contributed by atoms with Gasteiger partial charge in [-0.25, -0.2) is 8.42 Å². The molecule has 1 aliphatic carbocycles. The Kier molecular flexibility index (Phi) is 3.88. The van der Waals surface area contributed by atoms with E-state index in [0.717, 1.165) is 18.5 Å². The van der Waals surface area contributed by atoms with Gasteiger partial charge in [-0.1, -0.05) is 46.0 Å². The Hall–Kier alpha value is -0.510. The van der Waals surface area contributed by atoms with Crippen molar-refractivity contribution >= 4 is 10.0 Å².